The molecule has 0 bridgehead atoms. The molecule has 0 aliphatic heterocycles. The van der Waals surface area contributed by atoms with E-state index in [9.17, 15) is 0 Å². The van der Waals surface area contributed by atoms with Crippen molar-refractivity contribution in [1.29, 1.82) is 0 Å². The lowest BCUT2D eigenvalue weighted by molar-refractivity contribution is 0.269. The molecule has 1 fully saturated rings. The van der Waals surface area contributed by atoms with Crippen LogP contribution in [0, 0.1) is 6.92 Å². The lowest BCUT2D eigenvalue weighted by Gasteiger charge is -2.42. The molecule has 1 N–H and O–H groups in total. The summed E-state index contributed by atoms with van der Waals surface area (Å²) in [5, 5.41) is 5.04. The highest BCUT2D eigenvalue weighted by molar-refractivity contribution is 7.18. The van der Waals surface area contributed by atoms with E-state index >= 15 is 0 Å². The Balaban J connectivity index is 2.04. The fourth-order valence-electron chi connectivity index (χ4n) is 2.53. The van der Waals surface area contributed by atoms with Crippen LogP contribution in [0.25, 0.3) is 10.2 Å². The summed E-state index contributed by atoms with van der Waals surface area (Å²) >= 11 is 7.67. The molecule has 1 aliphatic carbocycles. The quantitative estimate of drug-likeness (QED) is 0.848. The molecule has 0 aromatic carbocycles. The Morgan fingerprint density at radius 2 is 2.22 bits per heavy atom. The van der Waals surface area contributed by atoms with Crippen LogP contribution in [-0.2, 0) is 0 Å². The van der Waals surface area contributed by atoms with Gasteiger partial charge in [-0.25, -0.2) is 9.97 Å². The molecule has 2 heterocycles. The predicted molar refractivity (Wildman–Crippen MR) is 77.7 cm³/mol. The maximum atomic E-state index is 6.01. The molecule has 3 nitrogen and oxygen atoms in total. The average Bonchev–Trinajstić information content (AvgIpc) is 2.63. The Morgan fingerprint density at radius 1 is 1.44 bits per heavy atom. The van der Waals surface area contributed by atoms with Gasteiger partial charge >= 0.3 is 0 Å². The molecule has 3 rings (SSSR count). The van der Waals surface area contributed by atoms with E-state index in [2.05, 4.69) is 35.2 Å². The third-order valence-corrected chi connectivity index (χ3v) is 4.97. The van der Waals surface area contributed by atoms with E-state index in [1.165, 1.54) is 24.1 Å². The lowest BCUT2D eigenvalue weighted by atomic mass is 9.75. The molecule has 1 saturated carbocycles. The van der Waals surface area contributed by atoms with Crippen LogP contribution in [0.2, 0.25) is 5.28 Å². The molecule has 18 heavy (non-hydrogen) atoms. The van der Waals surface area contributed by atoms with Crippen molar-refractivity contribution in [3.05, 3.63) is 16.2 Å². The zero-order valence-corrected chi connectivity index (χ0v) is 12.2. The van der Waals surface area contributed by atoms with Crippen LogP contribution in [0.15, 0.2) is 6.07 Å². The van der Waals surface area contributed by atoms with E-state index in [1.807, 2.05) is 0 Å². The smallest absolute Gasteiger partial charge is 0.225 e. The number of aryl methyl sites for hydroxylation is 1. The number of aromatic nitrogens is 2. The third-order valence-electron chi connectivity index (χ3n) is 3.86. The molecule has 96 valence electrons. The molecule has 0 unspecified atom stereocenters. The lowest BCUT2D eigenvalue weighted by Crippen LogP contribution is -2.44. The zero-order valence-electron chi connectivity index (χ0n) is 10.6. The minimum Gasteiger partial charge on any atom is -0.364 e. The summed E-state index contributed by atoms with van der Waals surface area (Å²) in [6.07, 6.45) is 4.86. The monoisotopic (exact) mass is 281 g/mol. The Morgan fingerprint density at radius 3 is 2.83 bits per heavy atom. The summed E-state index contributed by atoms with van der Waals surface area (Å²) in [7, 11) is 0. The van der Waals surface area contributed by atoms with E-state index in [1.54, 1.807) is 11.3 Å². The highest BCUT2D eigenvalue weighted by atomic mass is 35.5. The van der Waals surface area contributed by atoms with Gasteiger partial charge < -0.3 is 5.32 Å². The number of rotatable bonds is 3. The molecule has 5 heteroatoms. The second-order valence-electron chi connectivity index (χ2n) is 5.03. The minimum absolute atomic E-state index is 0.223. The normalized spacial score (nSPS) is 17.7. The third kappa shape index (κ3) is 1.97. The SMILES string of the molecule is CCC1(Nc2nc(Cl)nc3sc(C)cc23)CCC1. The fourth-order valence-corrected chi connectivity index (χ4v) is 3.63. The number of fused-ring (bicyclic) bond motifs is 1. The maximum Gasteiger partial charge on any atom is 0.225 e. The molecular weight excluding hydrogens is 266 g/mol. The van der Waals surface area contributed by atoms with Gasteiger partial charge in [0.25, 0.3) is 0 Å². The number of anilines is 1. The van der Waals surface area contributed by atoms with Crippen molar-refractivity contribution in [2.75, 3.05) is 5.32 Å². The Hall–Kier alpha value is -0.870. The van der Waals surface area contributed by atoms with Gasteiger partial charge in [-0.15, -0.1) is 11.3 Å². The largest absolute Gasteiger partial charge is 0.364 e. The summed E-state index contributed by atoms with van der Waals surface area (Å²) < 4.78 is 0. The van der Waals surface area contributed by atoms with Crippen molar-refractivity contribution in [3.8, 4) is 0 Å². The van der Waals surface area contributed by atoms with E-state index < -0.39 is 0 Å². The minimum atomic E-state index is 0.223. The Labute approximate surface area is 116 Å². The summed E-state index contributed by atoms with van der Waals surface area (Å²) in [6.45, 7) is 4.31. The van der Waals surface area contributed by atoms with Crippen LogP contribution in [0.1, 0.15) is 37.5 Å². The van der Waals surface area contributed by atoms with Crippen LogP contribution >= 0.6 is 22.9 Å². The second-order valence-corrected chi connectivity index (χ2v) is 6.60. The highest BCUT2D eigenvalue weighted by Gasteiger charge is 2.35. The first kappa shape index (κ1) is 12.2. The Bertz CT molecular complexity index is 584. The van der Waals surface area contributed by atoms with Gasteiger partial charge in [-0.1, -0.05) is 6.92 Å². The zero-order chi connectivity index (χ0) is 12.8. The van der Waals surface area contributed by atoms with E-state index in [0.717, 1.165) is 22.5 Å². The molecule has 0 spiro atoms. The number of nitrogens with one attached hydrogen (secondary N) is 1. The molecule has 0 radical (unpaired) electrons. The van der Waals surface area contributed by atoms with Crippen molar-refractivity contribution in [2.45, 2.75) is 45.1 Å². The van der Waals surface area contributed by atoms with Crippen molar-refractivity contribution in [1.82, 2.24) is 9.97 Å². The average molecular weight is 282 g/mol. The summed E-state index contributed by atoms with van der Waals surface area (Å²) in [5.41, 5.74) is 0.223. The van der Waals surface area contributed by atoms with Gasteiger partial charge in [0.1, 0.15) is 10.6 Å². The summed E-state index contributed by atoms with van der Waals surface area (Å²) in [6, 6.07) is 2.14. The predicted octanol–water partition coefficient (Wildman–Crippen LogP) is 4.40. The van der Waals surface area contributed by atoms with Crippen molar-refractivity contribution >= 4 is 39.0 Å². The first-order valence-electron chi connectivity index (χ1n) is 6.34. The van der Waals surface area contributed by atoms with Gasteiger partial charge in [0.15, 0.2) is 0 Å². The number of hydrogen-bond acceptors (Lipinski definition) is 4. The molecule has 0 atom stereocenters. The van der Waals surface area contributed by atoms with Gasteiger partial charge in [0.05, 0.1) is 5.39 Å². The molecule has 2 aromatic heterocycles. The van der Waals surface area contributed by atoms with Crippen LogP contribution < -0.4 is 5.32 Å². The number of halogens is 1. The van der Waals surface area contributed by atoms with E-state index in [-0.39, 0.29) is 5.54 Å². The number of nitrogens with zero attached hydrogens (tertiary/aromatic N) is 2. The second kappa shape index (κ2) is 4.35. The fraction of sp³-hybridized carbons (Fsp3) is 0.538. The molecular formula is C13H16ClN3S. The molecule has 2 aromatic rings. The van der Waals surface area contributed by atoms with Gasteiger partial charge in [0.2, 0.25) is 5.28 Å². The highest BCUT2D eigenvalue weighted by Crippen LogP contribution is 2.40. The summed E-state index contributed by atoms with van der Waals surface area (Å²) in [4.78, 5) is 10.9. The topological polar surface area (TPSA) is 37.8 Å². The van der Waals surface area contributed by atoms with Crippen LogP contribution in [-0.4, -0.2) is 15.5 Å². The number of hydrogen-bond donors (Lipinski definition) is 1. The van der Waals surface area contributed by atoms with Crippen molar-refractivity contribution in [2.24, 2.45) is 0 Å². The number of thiophene rings is 1. The van der Waals surface area contributed by atoms with Crippen molar-refractivity contribution in [3.63, 3.8) is 0 Å². The van der Waals surface area contributed by atoms with E-state index in [0.29, 0.717) is 5.28 Å². The Kier molecular flexibility index (Phi) is 2.94. The molecule has 0 saturated heterocycles. The van der Waals surface area contributed by atoms with Crippen LogP contribution in [0.3, 0.4) is 0 Å². The maximum absolute atomic E-state index is 6.01. The molecule has 0 amide bonds. The van der Waals surface area contributed by atoms with Gasteiger partial charge in [0, 0.05) is 10.4 Å². The van der Waals surface area contributed by atoms with Gasteiger partial charge in [-0.3, -0.25) is 0 Å². The standard InChI is InChI=1S/C13H16ClN3S/c1-3-13(5-4-6-13)17-10-9-7-8(2)18-11(9)16-12(14)15-10/h7H,3-6H2,1-2H3,(H,15,16,17). The first-order chi connectivity index (χ1) is 8.62. The first-order valence-corrected chi connectivity index (χ1v) is 7.53. The van der Waals surface area contributed by atoms with Crippen LogP contribution in [0.4, 0.5) is 5.82 Å². The van der Waals surface area contributed by atoms with Crippen LogP contribution in [0.5, 0.6) is 0 Å². The summed E-state index contributed by atoms with van der Waals surface area (Å²) in [5.74, 6) is 0.899. The van der Waals surface area contributed by atoms with E-state index in [4.69, 9.17) is 11.6 Å². The molecule has 1 aliphatic rings. The van der Waals surface area contributed by atoms with Gasteiger partial charge in [-0.2, -0.15) is 0 Å². The van der Waals surface area contributed by atoms with Gasteiger partial charge in [-0.05, 0) is 50.3 Å². The van der Waals surface area contributed by atoms with Crippen molar-refractivity contribution < 1.29 is 0 Å².